The molecule has 1 N–H and O–H groups in total. The number of nitrogens with one attached hydrogen (secondary N) is 1. The van der Waals surface area contributed by atoms with Crippen LogP contribution in [-0.2, 0) is 4.79 Å². The zero-order chi connectivity index (χ0) is 12.1. The summed E-state index contributed by atoms with van der Waals surface area (Å²) in [5.74, 6) is 0.513. The van der Waals surface area contributed by atoms with Crippen LogP contribution in [0.25, 0.3) is 0 Å². The molecule has 1 amide bonds. The molecule has 0 aromatic heterocycles. The summed E-state index contributed by atoms with van der Waals surface area (Å²) in [5, 5.41) is 2.59. The van der Waals surface area contributed by atoms with Crippen molar-refractivity contribution in [3.8, 4) is 11.5 Å². The maximum Gasteiger partial charge on any atom is 0.221 e. The van der Waals surface area contributed by atoms with Gasteiger partial charge in [-0.2, -0.15) is 0 Å². The molecule has 0 aliphatic rings. The fourth-order valence-corrected chi connectivity index (χ4v) is 1.33. The van der Waals surface area contributed by atoms with Gasteiger partial charge in [0.15, 0.2) is 6.29 Å². The second-order valence-corrected chi connectivity index (χ2v) is 3.09. The van der Waals surface area contributed by atoms with E-state index in [2.05, 4.69) is 5.32 Å². The van der Waals surface area contributed by atoms with Crippen LogP contribution in [0, 0.1) is 0 Å². The highest BCUT2D eigenvalue weighted by Crippen LogP contribution is 2.31. The summed E-state index contributed by atoms with van der Waals surface area (Å²) in [4.78, 5) is 21.8. The monoisotopic (exact) mass is 223 g/mol. The summed E-state index contributed by atoms with van der Waals surface area (Å²) in [6.07, 6.45) is 0.648. The van der Waals surface area contributed by atoms with E-state index >= 15 is 0 Å². The molecular weight excluding hydrogens is 210 g/mol. The topological polar surface area (TPSA) is 64.6 Å². The zero-order valence-electron chi connectivity index (χ0n) is 9.37. The number of benzene rings is 1. The predicted molar refractivity (Wildman–Crippen MR) is 59.2 cm³/mol. The third-order valence-electron chi connectivity index (χ3n) is 1.98. The molecule has 0 spiro atoms. The van der Waals surface area contributed by atoms with Gasteiger partial charge in [-0.05, 0) is 0 Å². The van der Waals surface area contributed by atoms with E-state index < -0.39 is 0 Å². The smallest absolute Gasteiger partial charge is 0.221 e. The maximum absolute atomic E-state index is 10.9. The van der Waals surface area contributed by atoms with Gasteiger partial charge in [0.1, 0.15) is 11.5 Å². The summed E-state index contributed by atoms with van der Waals surface area (Å²) in [5.41, 5.74) is 0.839. The average molecular weight is 223 g/mol. The molecule has 0 atom stereocenters. The molecule has 1 rings (SSSR count). The minimum Gasteiger partial charge on any atom is -0.496 e. The zero-order valence-corrected chi connectivity index (χ0v) is 9.37. The summed E-state index contributed by atoms with van der Waals surface area (Å²) in [6.45, 7) is 1.40. The molecule has 0 radical (unpaired) electrons. The number of anilines is 1. The summed E-state index contributed by atoms with van der Waals surface area (Å²) in [7, 11) is 2.89. The Morgan fingerprint density at radius 2 is 1.75 bits per heavy atom. The van der Waals surface area contributed by atoms with Crippen LogP contribution in [0.2, 0.25) is 0 Å². The molecule has 0 unspecified atom stereocenters. The van der Waals surface area contributed by atoms with Crippen LogP contribution in [0.15, 0.2) is 12.1 Å². The first-order valence-corrected chi connectivity index (χ1v) is 4.61. The Balaban J connectivity index is 3.25. The van der Waals surface area contributed by atoms with Crippen LogP contribution in [-0.4, -0.2) is 26.4 Å². The minimum absolute atomic E-state index is 0.206. The number of amides is 1. The highest BCUT2D eigenvalue weighted by atomic mass is 16.5. The van der Waals surface area contributed by atoms with Crippen molar-refractivity contribution in [1.82, 2.24) is 0 Å². The molecule has 1 aromatic rings. The highest BCUT2D eigenvalue weighted by molar-refractivity contribution is 5.92. The second kappa shape index (κ2) is 5.16. The molecule has 0 heterocycles. The van der Waals surface area contributed by atoms with Gasteiger partial charge in [0.05, 0.1) is 19.8 Å². The lowest BCUT2D eigenvalue weighted by atomic mass is 10.1. The van der Waals surface area contributed by atoms with Crippen LogP contribution in [0.4, 0.5) is 5.69 Å². The van der Waals surface area contributed by atoms with Crippen molar-refractivity contribution >= 4 is 17.9 Å². The normalized spacial score (nSPS) is 9.44. The Labute approximate surface area is 93.4 Å². The van der Waals surface area contributed by atoms with Gasteiger partial charge in [-0.1, -0.05) is 0 Å². The number of carbonyl (C=O) groups excluding carboxylic acids is 2. The van der Waals surface area contributed by atoms with Crippen molar-refractivity contribution in [2.45, 2.75) is 6.92 Å². The summed E-state index contributed by atoms with van der Waals surface area (Å²) >= 11 is 0. The highest BCUT2D eigenvalue weighted by Gasteiger charge is 2.12. The number of aldehydes is 1. The molecule has 5 heteroatoms. The number of methoxy groups -OCH3 is 2. The Morgan fingerprint density at radius 3 is 2.06 bits per heavy atom. The van der Waals surface area contributed by atoms with E-state index in [1.165, 1.54) is 21.1 Å². The van der Waals surface area contributed by atoms with E-state index in [9.17, 15) is 9.59 Å². The first-order valence-electron chi connectivity index (χ1n) is 4.61. The SMILES string of the molecule is COc1cc(NC(C)=O)cc(OC)c1C=O. The molecule has 0 fully saturated rings. The van der Waals surface area contributed by atoms with E-state index in [4.69, 9.17) is 9.47 Å². The van der Waals surface area contributed by atoms with Crippen molar-refractivity contribution in [3.63, 3.8) is 0 Å². The third-order valence-corrected chi connectivity index (χ3v) is 1.98. The number of ether oxygens (including phenoxy) is 2. The summed E-state index contributed by atoms with van der Waals surface area (Å²) in [6, 6.07) is 3.13. The number of carbonyl (C=O) groups is 2. The molecule has 1 aromatic carbocycles. The van der Waals surface area contributed by atoms with Crippen molar-refractivity contribution in [2.24, 2.45) is 0 Å². The molecule has 5 nitrogen and oxygen atoms in total. The molecule has 0 aliphatic carbocycles. The molecule has 16 heavy (non-hydrogen) atoms. The maximum atomic E-state index is 10.9. The van der Waals surface area contributed by atoms with Gasteiger partial charge in [0.2, 0.25) is 5.91 Å². The van der Waals surface area contributed by atoms with Crippen LogP contribution in [0.1, 0.15) is 17.3 Å². The Kier molecular flexibility index (Phi) is 3.88. The fourth-order valence-electron chi connectivity index (χ4n) is 1.33. The van der Waals surface area contributed by atoms with Crippen LogP contribution in [0.5, 0.6) is 11.5 Å². The largest absolute Gasteiger partial charge is 0.496 e. The van der Waals surface area contributed by atoms with Crippen LogP contribution < -0.4 is 14.8 Å². The first kappa shape index (κ1) is 12.0. The standard InChI is InChI=1S/C11H13NO4/c1-7(14)12-8-4-10(15-2)9(6-13)11(5-8)16-3/h4-6H,1-3H3,(H,12,14). The van der Waals surface area contributed by atoms with Gasteiger partial charge in [-0.15, -0.1) is 0 Å². The van der Waals surface area contributed by atoms with Gasteiger partial charge in [-0.25, -0.2) is 0 Å². The summed E-state index contributed by atoms with van der Waals surface area (Å²) < 4.78 is 10.1. The van der Waals surface area contributed by atoms with Gasteiger partial charge in [-0.3, -0.25) is 9.59 Å². The van der Waals surface area contributed by atoms with Crippen molar-refractivity contribution in [1.29, 1.82) is 0 Å². The quantitative estimate of drug-likeness (QED) is 0.785. The van der Waals surface area contributed by atoms with E-state index in [-0.39, 0.29) is 5.91 Å². The Hall–Kier alpha value is -2.04. The number of hydrogen-bond donors (Lipinski definition) is 1. The average Bonchev–Trinajstić information content (AvgIpc) is 2.26. The van der Waals surface area contributed by atoms with Crippen LogP contribution >= 0.6 is 0 Å². The van der Waals surface area contributed by atoms with E-state index in [1.807, 2.05) is 0 Å². The van der Waals surface area contributed by atoms with Crippen molar-refractivity contribution in [2.75, 3.05) is 19.5 Å². The number of hydrogen-bond acceptors (Lipinski definition) is 4. The van der Waals surface area contributed by atoms with E-state index in [0.717, 1.165) is 0 Å². The Morgan fingerprint density at radius 1 is 1.25 bits per heavy atom. The molecule has 86 valence electrons. The molecule has 0 saturated carbocycles. The van der Waals surface area contributed by atoms with Gasteiger partial charge in [0, 0.05) is 24.7 Å². The Bertz CT molecular complexity index is 389. The van der Waals surface area contributed by atoms with Gasteiger partial charge in [0.25, 0.3) is 0 Å². The molecule has 0 bridgehead atoms. The molecular formula is C11H13NO4. The van der Waals surface area contributed by atoms with Crippen molar-refractivity contribution < 1.29 is 19.1 Å². The fraction of sp³-hybridized carbons (Fsp3) is 0.273. The van der Waals surface area contributed by atoms with Crippen molar-refractivity contribution in [3.05, 3.63) is 17.7 Å². The van der Waals surface area contributed by atoms with Gasteiger partial charge >= 0.3 is 0 Å². The molecule has 0 aliphatic heterocycles. The third kappa shape index (κ3) is 2.50. The lowest BCUT2D eigenvalue weighted by Gasteiger charge is -2.11. The minimum atomic E-state index is -0.206. The molecule has 0 saturated heterocycles. The second-order valence-electron chi connectivity index (χ2n) is 3.09. The predicted octanol–water partition coefficient (Wildman–Crippen LogP) is 1.47. The van der Waals surface area contributed by atoms with E-state index in [0.29, 0.717) is 29.0 Å². The number of rotatable bonds is 4. The van der Waals surface area contributed by atoms with Gasteiger partial charge < -0.3 is 14.8 Å². The van der Waals surface area contributed by atoms with E-state index in [1.54, 1.807) is 12.1 Å². The lowest BCUT2D eigenvalue weighted by molar-refractivity contribution is -0.114. The first-order chi connectivity index (χ1) is 7.62. The van der Waals surface area contributed by atoms with Crippen LogP contribution in [0.3, 0.4) is 0 Å². The lowest BCUT2D eigenvalue weighted by Crippen LogP contribution is -2.07.